The number of rotatable bonds is 10. The van der Waals surface area contributed by atoms with E-state index in [1.165, 1.54) is 10.3 Å². The van der Waals surface area contributed by atoms with Crippen molar-refractivity contribution in [2.75, 3.05) is 26.8 Å². The number of esters is 1. The number of likely N-dealkylation sites (tertiary alicyclic amines) is 1. The van der Waals surface area contributed by atoms with Crippen LogP contribution >= 0.6 is 0 Å². The lowest BCUT2D eigenvalue weighted by Crippen LogP contribution is -2.51. The summed E-state index contributed by atoms with van der Waals surface area (Å²) in [6.45, 7) is 1.42. The van der Waals surface area contributed by atoms with Gasteiger partial charge in [-0.2, -0.15) is 0 Å². The molecule has 0 N–H and O–H groups in total. The first kappa shape index (κ1) is 28.2. The molecule has 0 radical (unpaired) electrons. The highest BCUT2D eigenvalue weighted by molar-refractivity contribution is 5.89. The second-order valence-corrected chi connectivity index (χ2v) is 10.4. The molecule has 1 aliphatic heterocycles. The molecule has 1 fully saturated rings. The number of fused-ring (bicyclic) bond motifs is 1. The Morgan fingerprint density at radius 1 is 0.902 bits per heavy atom. The van der Waals surface area contributed by atoms with Gasteiger partial charge >= 0.3 is 5.97 Å². The Morgan fingerprint density at radius 2 is 1.68 bits per heavy atom. The summed E-state index contributed by atoms with van der Waals surface area (Å²) >= 11 is 0. The molecule has 2 unspecified atom stereocenters. The number of hydrogen-bond acceptors (Lipinski definition) is 6. The summed E-state index contributed by atoms with van der Waals surface area (Å²) in [6, 6.07) is 29.7. The second-order valence-electron chi connectivity index (χ2n) is 10.4. The number of carbonyl (C=O) groups excluding carboxylic acids is 2. The zero-order chi connectivity index (χ0) is 28.6. The number of carboxylic acid groups (broad SMARTS) is 1. The smallest absolute Gasteiger partial charge is 0.338 e. The number of aryl methyl sites for hydroxylation is 1. The molecule has 0 spiro atoms. The van der Waals surface area contributed by atoms with Gasteiger partial charge in [-0.3, -0.25) is 0 Å². The normalized spacial score (nSPS) is 16.9. The van der Waals surface area contributed by atoms with Crippen molar-refractivity contribution < 1.29 is 28.9 Å². The summed E-state index contributed by atoms with van der Waals surface area (Å²) in [7, 11) is 1.56. The molecule has 7 heteroatoms. The Hall–Kier alpha value is -4.36. The van der Waals surface area contributed by atoms with Gasteiger partial charge in [0.05, 0.1) is 32.0 Å². The molecule has 4 aromatic carbocycles. The first-order chi connectivity index (χ1) is 20.0. The summed E-state index contributed by atoms with van der Waals surface area (Å²) in [5, 5.41) is 13.9. The van der Waals surface area contributed by atoms with Gasteiger partial charge in [0.1, 0.15) is 11.8 Å². The molecule has 41 heavy (non-hydrogen) atoms. The number of benzene rings is 4. The van der Waals surface area contributed by atoms with Crippen LogP contribution in [0, 0.1) is 0 Å². The van der Waals surface area contributed by atoms with Crippen molar-refractivity contribution in [1.82, 2.24) is 4.90 Å². The van der Waals surface area contributed by atoms with E-state index in [1.807, 2.05) is 12.1 Å². The summed E-state index contributed by atoms with van der Waals surface area (Å²) < 4.78 is 17.0. The lowest BCUT2D eigenvalue weighted by atomic mass is 9.86. The molecule has 1 heterocycles. The van der Waals surface area contributed by atoms with Crippen molar-refractivity contribution in [2.45, 2.75) is 37.9 Å². The van der Waals surface area contributed by atoms with Gasteiger partial charge in [0.2, 0.25) is 0 Å². The van der Waals surface area contributed by atoms with Gasteiger partial charge < -0.3 is 29.0 Å². The van der Waals surface area contributed by atoms with Gasteiger partial charge in [-0.25, -0.2) is 4.79 Å². The molecule has 5 rings (SSSR count). The first-order valence-corrected chi connectivity index (χ1v) is 14.0. The van der Waals surface area contributed by atoms with E-state index in [0.29, 0.717) is 43.9 Å². The lowest BCUT2D eigenvalue weighted by Gasteiger charge is -2.40. The minimum absolute atomic E-state index is 0.0731. The van der Waals surface area contributed by atoms with E-state index in [2.05, 4.69) is 54.6 Å². The third kappa shape index (κ3) is 7.24. The first-order valence-electron chi connectivity index (χ1n) is 14.0. The van der Waals surface area contributed by atoms with Crippen molar-refractivity contribution in [1.29, 1.82) is 0 Å². The topological polar surface area (TPSA) is 88.1 Å². The van der Waals surface area contributed by atoms with Crippen LogP contribution in [0.3, 0.4) is 0 Å². The number of ether oxygens (including phenoxy) is 3. The molecule has 0 aromatic heterocycles. The zero-order valence-corrected chi connectivity index (χ0v) is 23.2. The maximum atomic E-state index is 12.3. The minimum Gasteiger partial charge on any atom is -0.530 e. The largest absolute Gasteiger partial charge is 0.530 e. The van der Waals surface area contributed by atoms with Gasteiger partial charge in [-0.1, -0.05) is 66.7 Å². The van der Waals surface area contributed by atoms with Crippen LogP contribution in [0.1, 0.15) is 45.8 Å². The van der Waals surface area contributed by atoms with E-state index < -0.39 is 6.09 Å². The molecule has 1 amide bonds. The van der Waals surface area contributed by atoms with E-state index in [1.54, 1.807) is 31.4 Å². The molecule has 0 bridgehead atoms. The fourth-order valence-corrected chi connectivity index (χ4v) is 5.37. The molecule has 4 aromatic rings. The predicted octanol–water partition coefficient (Wildman–Crippen LogP) is 5.36. The summed E-state index contributed by atoms with van der Waals surface area (Å²) in [4.78, 5) is 25.3. The number of piperidine rings is 1. The molecule has 0 aliphatic carbocycles. The van der Waals surface area contributed by atoms with Crippen LogP contribution in [0.2, 0.25) is 0 Å². The maximum absolute atomic E-state index is 12.3. The van der Waals surface area contributed by atoms with Crippen LogP contribution in [0.25, 0.3) is 10.8 Å². The van der Waals surface area contributed by atoms with Crippen LogP contribution in [0.15, 0.2) is 91.0 Å². The van der Waals surface area contributed by atoms with Crippen molar-refractivity contribution in [3.05, 3.63) is 113 Å². The van der Waals surface area contributed by atoms with E-state index in [-0.39, 0.29) is 24.5 Å². The van der Waals surface area contributed by atoms with Crippen molar-refractivity contribution in [3.8, 4) is 5.75 Å². The molecular weight excluding hydrogens is 518 g/mol. The minimum atomic E-state index is -1.16. The highest BCUT2D eigenvalue weighted by atomic mass is 16.5. The van der Waals surface area contributed by atoms with Crippen LogP contribution in [-0.2, 0) is 22.5 Å². The highest BCUT2D eigenvalue weighted by Crippen LogP contribution is 2.32. The van der Waals surface area contributed by atoms with Gasteiger partial charge in [0.25, 0.3) is 0 Å². The zero-order valence-electron chi connectivity index (χ0n) is 23.2. The average Bonchev–Trinajstić information content (AvgIpc) is 3.02. The molecular formula is C34H34NO6-. The van der Waals surface area contributed by atoms with Crippen LogP contribution in [0.4, 0.5) is 4.79 Å². The van der Waals surface area contributed by atoms with Crippen molar-refractivity contribution in [3.63, 3.8) is 0 Å². The maximum Gasteiger partial charge on any atom is 0.338 e. The number of carbonyl (C=O) groups is 2. The summed E-state index contributed by atoms with van der Waals surface area (Å²) in [6.07, 6.45) is 0.698. The number of hydrogen-bond donors (Lipinski definition) is 0. The van der Waals surface area contributed by atoms with Crippen LogP contribution in [-0.4, -0.2) is 49.9 Å². The van der Waals surface area contributed by atoms with Gasteiger partial charge in [-0.15, -0.1) is 0 Å². The number of methoxy groups -OCH3 is 1. The number of nitrogens with zero attached hydrogens (tertiary/aromatic N) is 1. The monoisotopic (exact) mass is 552 g/mol. The standard InChI is InChI=1S/C34H35NO6/c1-39-30-10-4-9-29(21-30)33(36)40-19-5-6-24-11-15-27(16-12-24)31-17-18-35(34(37)38)22-32(31)41-23-25-13-14-26-7-2-3-8-28(26)20-25/h2-4,7-16,20-21,31-32H,5-6,17-19,22-23H2,1H3,(H,37,38)/p-1. The fraction of sp³-hybridized carbons (Fsp3) is 0.294. The average molecular weight is 553 g/mol. The fourth-order valence-electron chi connectivity index (χ4n) is 5.37. The number of amides is 1. The van der Waals surface area contributed by atoms with Gasteiger partial charge in [-0.05, 0) is 71.0 Å². The van der Waals surface area contributed by atoms with E-state index in [4.69, 9.17) is 14.2 Å². The summed E-state index contributed by atoms with van der Waals surface area (Å²) in [5.74, 6) is 0.326. The van der Waals surface area contributed by atoms with Crippen molar-refractivity contribution >= 4 is 22.8 Å². The van der Waals surface area contributed by atoms with E-state index >= 15 is 0 Å². The quantitative estimate of drug-likeness (QED) is 0.195. The molecule has 212 valence electrons. The van der Waals surface area contributed by atoms with E-state index in [0.717, 1.165) is 28.5 Å². The molecule has 1 aliphatic rings. The Labute approximate surface area is 240 Å². The Morgan fingerprint density at radius 3 is 2.46 bits per heavy atom. The van der Waals surface area contributed by atoms with E-state index in [9.17, 15) is 14.7 Å². The van der Waals surface area contributed by atoms with Crippen molar-refractivity contribution in [2.24, 2.45) is 0 Å². The third-order valence-electron chi connectivity index (χ3n) is 7.65. The van der Waals surface area contributed by atoms with Crippen LogP contribution < -0.4 is 9.84 Å². The Balaban J connectivity index is 1.17. The molecule has 0 saturated carbocycles. The SMILES string of the molecule is COc1cccc(C(=O)OCCCc2ccc(C3CCN(C(=O)[O-])CC3OCc3ccc4ccccc4c3)cc2)c1. The predicted molar refractivity (Wildman–Crippen MR) is 155 cm³/mol. The molecule has 1 saturated heterocycles. The second kappa shape index (κ2) is 13.3. The summed E-state index contributed by atoms with van der Waals surface area (Å²) in [5.41, 5.74) is 3.79. The van der Waals surface area contributed by atoms with Gasteiger partial charge in [0, 0.05) is 19.0 Å². The third-order valence-corrected chi connectivity index (χ3v) is 7.65. The molecule has 2 atom stereocenters. The lowest BCUT2D eigenvalue weighted by molar-refractivity contribution is -0.268. The highest BCUT2D eigenvalue weighted by Gasteiger charge is 2.31. The van der Waals surface area contributed by atoms with Crippen LogP contribution in [0.5, 0.6) is 5.75 Å². The van der Waals surface area contributed by atoms with Gasteiger partial charge in [0.15, 0.2) is 0 Å². The Bertz CT molecular complexity index is 1480. The molecule has 7 nitrogen and oxygen atoms in total. The Kier molecular flexibility index (Phi) is 9.16.